The number of nitrogens with zero attached hydrogens (tertiary/aromatic N) is 1. The summed E-state index contributed by atoms with van der Waals surface area (Å²) in [5.41, 5.74) is 21.8. The quantitative estimate of drug-likeness (QED) is 0.0593. The summed E-state index contributed by atoms with van der Waals surface area (Å²) < 4.78 is 0. The Balaban J connectivity index is 2.81. The molecule has 37 heavy (non-hydrogen) atoms. The maximum Gasteiger partial charge on any atom is 0.326 e. The molecule has 1 rings (SSSR count). The van der Waals surface area contributed by atoms with Gasteiger partial charge in [0.15, 0.2) is 5.96 Å². The summed E-state index contributed by atoms with van der Waals surface area (Å²) in [6.07, 6.45) is 0.154. The number of aliphatic carboxylic acids is 1. The van der Waals surface area contributed by atoms with Gasteiger partial charge in [-0.05, 0) is 37.0 Å². The van der Waals surface area contributed by atoms with Crippen LogP contribution in [-0.4, -0.2) is 77.0 Å². The van der Waals surface area contributed by atoms with Gasteiger partial charge in [-0.1, -0.05) is 12.1 Å². The van der Waals surface area contributed by atoms with Gasteiger partial charge in [-0.25, -0.2) is 4.79 Å². The molecule has 15 heteroatoms. The van der Waals surface area contributed by atoms with Gasteiger partial charge in [-0.2, -0.15) is 0 Å². The monoisotopic (exact) mass is 522 g/mol. The number of nitrogens with one attached hydrogen (secondary N) is 3. The lowest BCUT2D eigenvalue weighted by molar-refractivity contribution is -0.142. The maximum absolute atomic E-state index is 12.9. The molecule has 0 saturated carbocycles. The van der Waals surface area contributed by atoms with E-state index >= 15 is 0 Å². The average Bonchev–Trinajstić information content (AvgIpc) is 2.83. The van der Waals surface area contributed by atoms with Crippen LogP contribution in [-0.2, 0) is 30.4 Å². The standard InChI is InChI=1S/C22H34N8O7/c23-14(7-8-17(24)32)19(34)28-11-18(33)29-15(2-1-9-27-22(25)26)20(35)30-16(21(36)37)10-12-3-5-13(31)6-4-12/h3-6,14-16,31H,1-2,7-11,23H2,(H2,24,32)(H,28,34)(H,29,33)(H,30,35)(H,36,37)(H4,25,26,27). The molecule has 0 aliphatic carbocycles. The van der Waals surface area contributed by atoms with Crippen molar-refractivity contribution in [1.29, 1.82) is 0 Å². The summed E-state index contributed by atoms with van der Waals surface area (Å²) in [5.74, 6) is -4.27. The van der Waals surface area contributed by atoms with Crippen molar-refractivity contribution in [2.75, 3.05) is 13.1 Å². The highest BCUT2D eigenvalue weighted by Gasteiger charge is 2.27. The molecule has 0 bridgehead atoms. The fraction of sp³-hybridized carbons (Fsp3) is 0.455. The number of hydrogen-bond donors (Lipinski definition) is 9. The number of carbonyl (C=O) groups excluding carboxylic acids is 4. The van der Waals surface area contributed by atoms with Crippen molar-refractivity contribution in [2.45, 2.75) is 50.2 Å². The van der Waals surface area contributed by atoms with Gasteiger partial charge in [0.2, 0.25) is 23.6 Å². The first-order valence-electron chi connectivity index (χ1n) is 11.4. The second-order valence-corrected chi connectivity index (χ2v) is 8.17. The molecule has 3 atom stereocenters. The number of carboxylic acids is 1. The Morgan fingerprint density at radius 1 is 0.919 bits per heavy atom. The molecule has 0 spiro atoms. The van der Waals surface area contributed by atoms with Gasteiger partial charge in [0.05, 0.1) is 12.6 Å². The minimum Gasteiger partial charge on any atom is -0.508 e. The summed E-state index contributed by atoms with van der Waals surface area (Å²) >= 11 is 0. The molecule has 1 aromatic carbocycles. The molecule has 0 aliphatic rings. The number of rotatable bonds is 16. The number of aromatic hydroxyl groups is 1. The fourth-order valence-electron chi connectivity index (χ4n) is 3.09. The summed E-state index contributed by atoms with van der Waals surface area (Å²) in [7, 11) is 0. The summed E-state index contributed by atoms with van der Waals surface area (Å²) in [4.78, 5) is 63.7. The van der Waals surface area contributed by atoms with E-state index in [1.165, 1.54) is 24.3 Å². The van der Waals surface area contributed by atoms with Crippen LogP contribution in [0.3, 0.4) is 0 Å². The number of nitrogens with two attached hydrogens (primary N) is 4. The molecule has 13 N–H and O–H groups in total. The van der Waals surface area contributed by atoms with E-state index in [1.54, 1.807) is 0 Å². The Bertz CT molecular complexity index is 980. The van der Waals surface area contributed by atoms with E-state index in [9.17, 15) is 34.2 Å². The van der Waals surface area contributed by atoms with Gasteiger partial charge >= 0.3 is 5.97 Å². The molecular weight excluding hydrogens is 488 g/mol. The predicted molar refractivity (Wildman–Crippen MR) is 133 cm³/mol. The third-order valence-corrected chi connectivity index (χ3v) is 5.05. The zero-order valence-corrected chi connectivity index (χ0v) is 20.2. The van der Waals surface area contributed by atoms with Gasteiger partial charge in [-0.15, -0.1) is 0 Å². The van der Waals surface area contributed by atoms with Crippen LogP contribution in [0.1, 0.15) is 31.2 Å². The molecule has 4 amide bonds. The number of amides is 4. The highest BCUT2D eigenvalue weighted by atomic mass is 16.4. The number of carbonyl (C=O) groups is 5. The highest BCUT2D eigenvalue weighted by Crippen LogP contribution is 2.12. The van der Waals surface area contributed by atoms with Crippen molar-refractivity contribution in [1.82, 2.24) is 16.0 Å². The number of benzene rings is 1. The molecule has 0 radical (unpaired) electrons. The third-order valence-electron chi connectivity index (χ3n) is 5.05. The van der Waals surface area contributed by atoms with Gasteiger partial charge in [-0.3, -0.25) is 24.2 Å². The van der Waals surface area contributed by atoms with Crippen LogP contribution < -0.4 is 38.9 Å². The Labute approximate surface area is 213 Å². The molecule has 1 aromatic rings. The Kier molecular flexibility index (Phi) is 12.9. The molecular formula is C22H34N8O7. The lowest BCUT2D eigenvalue weighted by Crippen LogP contribution is -2.54. The summed E-state index contributed by atoms with van der Waals surface area (Å²) in [5, 5.41) is 26.1. The minimum absolute atomic E-state index is 0.00375. The van der Waals surface area contributed by atoms with Crippen molar-refractivity contribution in [3.05, 3.63) is 29.8 Å². The van der Waals surface area contributed by atoms with Crippen LogP contribution in [0, 0.1) is 0 Å². The number of aliphatic imine (C=N–C) groups is 1. The predicted octanol–water partition coefficient (Wildman–Crippen LogP) is -3.25. The SMILES string of the molecule is NC(=O)CCC(N)C(=O)NCC(=O)NC(CCCN=C(N)N)C(=O)NC(Cc1ccc(O)cc1)C(=O)O. The largest absolute Gasteiger partial charge is 0.508 e. The van der Waals surface area contributed by atoms with Gasteiger partial charge in [0.25, 0.3) is 0 Å². The second-order valence-electron chi connectivity index (χ2n) is 8.17. The van der Waals surface area contributed by atoms with Crippen LogP contribution >= 0.6 is 0 Å². The molecule has 15 nitrogen and oxygen atoms in total. The van der Waals surface area contributed by atoms with Crippen LogP contribution in [0.5, 0.6) is 5.75 Å². The van der Waals surface area contributed by atoms with E-state index in [0.717, 1.165) is 0 Å². The third kappa shape index (κ3) is 12.7. The Morgan fingerprint density at radius 3 is 2.14 bits per heavy atom. The van der Waals surface area contributed by atoms with Gasteiger partial charge in [0.1, 0.15) is 17.8 Å². The van der Waals surface area contributed by atoms with Crippen molar-refractivity contribution in [3.8, 4) is 5.75 Å². The first-order chi connectivity index (χ1) is 17.4. The normalized spacial score (nSPS) is 12.9. The molecule has 204 valence electrons. The van der Waals surface area contributed by atoms with E-state index < -0.39 is 54.3 Å². The average molecular weight is 523 g/mol. The highest BCUT2D eigenvalue weighted by molar-refractivity contribution is 5.92. The number of guanidine groups is 1. The Hall–Kier alpha value is -4.40. The lowest BCUT2D eigenvalue weighted by Gasteiger charge is -2.22. The van der Waals surface area contributed by atoms with E-state index in [2.05, 4.69) is 20.9 Å². The molecule has 0 heterocycles. The van der Waals surface area contributed by atoms with Crippen LogP contribution in [0.2, 0.25) is 0 Å². The number of phenols is 1. The molecule has 3 unspecified atom stereocenters. The number of carboxylic acid groups (broad SMARTS) is 1. The van der Waals surface area contributed by atoms with E-state index in [4.69, 9.17) is 22.9 Å². The van der Waals surface area contributed by atoms with Gasteiger partial charge in [0, 0.05) is 19.4 Å². The topological polar surface area (TPSA) is 278 Å². The molecule has 0 aliphatic heterocycles. The maximum atomic E-state index is 12.9. The van der Waals surface area contributed by atoms with Crippen molar-refractivity contribution in [3.63, 3.8) is 0 Å². The van der Waals surface area contributed by atoms with Crippen molar-refractivity contribution < 1.29 is 34.2 Å². The summed E-state index contributed by atoms with van der Waals surface area (Å²) in [6, 6.07) is 2.26. The zero-order chi connectivity index (χ0) is 28.0. The fourth-order valence-corrected chi connectivity index (χ4v) is 3.09. The van der Waals surface area contributed by atoms with Crippen LogP contribution in [0.15, 0.2) is 29.3 Å². The zero-order valence-electron chi connectivity index (χ0n) is 20.2. The van der Waals surface area contributed by atoms with Crippen LogP contribution in [0.25, 0.3) is 0 Å². The van der Waals surface area contributed by atoms with E-state index in [0.29, 0.717) is 5.56 Å². The van der Waals surface area contributed by atoms with Crippen molar-refractivity contribution in [2.24, 2.45) is 27.9 Å². The number of primary amides is 1. The molecule has 0 saturated heterocycles. The number of hydrogen-bond acceptors (Lipinski definition) is 8. The second kappa shape index (κ2) is 15.6. The van der Waals surface area contributed by atoms with Crippen LogP contribution in [0.4, 0.5) is 0 Å². The molecule has 0 fully saturated rings. The Morgan fingerprint density at radius 2 is 1.57 bits per heavy atom. The first kappa shape index (κ1) is 30.6. The van der Waals surface area contributed by atoms with Gasteiger partial charge < -0.3 is 49.1 Å². The minimum atomic E-state index is -1.32. The van der Waals surface area contributed by atoms with E-state index in [-0.39, 0.29) is 50.4 Å². The first-order valence-corrected chi connectivity index (χ1v) is 11.4. The van der Waals surface area contributed by atoms with E-state index in [1.807, 2.05) is 0 Å². The lowest BCUT2D eigenvalue weighted by atomic mass is 10.0. The molecule has 0 aromatic heterocycles. The smallest absolute Gasteiger partial charge is 0.326 e. The number of phenolic OH excluding ortho intramolecular Hbond substituents is 1. The summed E-state index contributed by atoms with van der Waals surface area (Å²) in [6.45, 7) is -0.361. The van der Waals surface area contributed by atoms with Crippen molar-refractivity contribution >= 4 is 35.6 Å².